The molecule has 180 valence electrons. The largest absolute Gasteiger partial charge is 0.337 e. The van der Waals surface area contributed by atoms with E-state index in [1.54, 1.807) is 11.3 Å². The second-order valence-electron chi connectivity index (χ2n) is 8.28. The SMILES string of the molecule is O=C(CSc1nnc(-c2cccs2)n1-c1ccccc1)N(CCc1ccccc1)Cc1ccccc1. The van der Waals surface area contributed by atoms with E-state index >= 15 is 0 Å². The minimum absolute atomic E-state index is 0.0834. The zero-order valence-corrected chi connectivity index (χ0v) is 21.4. The molecule has 0 spiro atoms. The minimum atomic E-state index is 0.0834. The Labute approximate surface area is 219 Å². The van der Waals surface area contributed by atoms with Gasteiger partial charge in [-0.25, -0.2) is 0 Å². The maximum Gasteiger partial charge on any atom is 0.233 e. The van der Waals surface area contributed by atoms with E-state index in [4.69, 9.17) is 0 Å². The van der Waals surface area contributed by atoms with E-state index in [1.807, 2.05) is 93.7 Å². The number of benzene rings is 3. The van der Waals surface area contributed by atoms with Crippen molar-refractivity contribution in [3.8, 4) is 16.4 Å². The van der Waals surface area contributed by atoms with E-state index in [9.17, 15) is 4.79 Å². The van der Waals surface area contributed by atoms with Gasteiger partial charge in [0.05, 0.1) is 10.6 Å². The lowest BCUT2D eigenvalue weighted by Crippen LogP contribution is -2.34. The fourth-order valence-electron chi connectivity index (χ4n) is 3.96. The van der Waals surface area contributed by atoms with Crippen LogP contribution < -0.4 is 0 Å². The van der Waals surface area contributed by atoms with Crippen LogP contribution in [0.4, 0.5) is 0 Å². The molecule has 0 saturated heterocycles. The molecule has 5 rings (SSSR count). The Morgan fingerprint density at radius 3 is 2.14 bits per heavy atom. The first-order chi connectivity index (χ1) is 17.8. The molecule has 0 aliphatic heterocycles. The number of hydrogen-bond donors (Lipinski definition) is 0. The molecule has 0 unspecified atom stereocenters. The third kappa shape index (κ3) is 5.93. The summed E-state index contributed by atoms with van der Waals surface area (Å²) in [5, 5.41) is 11.7. The summed E-state index contributed by atoms with van der Waals surface area (Å²) in [6, 6.07) is 34.6. The zero-order chi connectivity index (χ0) is 24.6. The highest BCUT2D eigenvalue weighted by Crippen LogP contribution is 2.30. The predicted molar refractivity (Wildman–Crippen MR) is 147 cm³/mol. The molecule has 7 heteroatoms. The minimum Gasteiger partial charge on any atom is -0.337 e. The molecule has 0 aliphatic rings. The van der Waals surface area contributed by atoms with Crippen molar-refractivity contribution in [3.63, 3.8) is 0 Å². The van der Waals surface area contributed by atoms with Gasteiger partial charge in [-0.1, -0.05) is 96.7 Å². The number of aromatic nitrogens is 3. The van der Waals surface area contributed by atoms with Crippen LogP contribution in [0.2, 0.25) is 0 Å². The number of hydrogen-bond acceptors (Lipinski definition) is 5. The van der Waals surface area contributed by atoms with Crippen LogP contribution in [0.15, 0.2) is 114 Å². The van der Waals surface area contributed by atoms with Crippen molar-refractivity contribution in [2.24, 2.45) is 0 Å². The van der Waals surface area contributed by atoms with Gasteiger partial charge in [0.15, 0.2) is 11.0 Å². The number of thiophene rings is 1. The van der Waals surface area contributed by atoms with Crippen LogP contribution in [0.25, 0.3) is 16.4 Å². The molecule has 0 aliphatic carbocycles. The summed E-state index contributed by atoms with van der Waals surface area (Å²) in [4.78, 5) is 16.5. The second-order valence-corrected chi connectivity index (χ2v) is 10.2. The van der Waals surface area contributed by atoms with Crippen molar-refractivity contribution in [1.82, 2.24) is 19.7 Å². The van der Waals surface area contributed by atoms with Gasteiger partial charge in [-0.2, -0.15) is 0 Å². The molecular weight excluding hydrogens is 484 g/mol. The first-order valence-electron chi connectivity index (χ1n) is 11.8. The van der Waals surface area contributed by atoms with E-state index in [-0.39, 0.29) is 11.7 Å². The Morgan fingerprint density at radius 1 is 0.806 bits per heavy atom. The summed E-state index contributed by atoms with van der Waals surface area (Å²) in [6.45, 7) is 1.24. The number of carbonyl (C=O) groups excluding carboxylic acids is 1. The molecule has 0 atom stereocenters. The van der Waals surface area contributed by atoms with Crippen LogP contribution in [-0.4, -0.2) is 37.9 Å². The van der Waals surface area contributed by atoms with E-state index in [0.717, 1.165) is 28.4 Å². The van der Waals surface area contributed by atoms with Gasteiger partial charge in [0.25, 0.3) is 0 Å². The average Bonchev–Trinajstić information content (AvgIpc) is 3.61. The Hall–Kier alpha value is -3.68. The topological polar surface area (TPSA) is 51.0 Å². The molecule has 0 bridgehead atoms. The van der Waals surface area contributed by atoms with Crippen molar-refractivity contribution in [2.45, 2.75) is 18.1 Å². The lowest BCUT2D eigenvalue weighted by molar-refractivity contribution is -0.128. The molecular formula is C29H26N4OS2. The third-order valence-corrected chi connectivity index (χ3v) is 7.58. The number of para-hydroxylation sites is 1. The van der Waals surface area contributed by atoms with E-state index in [1.165, 1.54) is 17.3 Å². The maximum atomic E-state index is 13.5. The maximum absolute atomic E-state index is 13.5. The Bertz CT molecular complexity index is 1370. The fraction of sp³-hybridized carbons (Fsp3) is 0.138. The summed E-state index contributed by atoms with van der Waals surface area (Å²) in [7, 11) is 0. The Kier molecular flexibility index (Phi) is 7.90. The smallest absolute Gasteiger partial charge is 0.233 e. The summed E-state index contributed by atoms with van der Waals surface area (Å²) in [6.07, 6.45) is 0.812. The lowest BCUT2D eigenvalue weighted by Gasteiger charge is -2.23. The van der Waals surface area contributed by atoms with Crippen molar-refractivity contribution in [1.29, 1.82) is 0 Å². The molecule has 0 fully saturated rings. The van der Waals surface area contributed by atoms with Crippen LogP contribution in [0.1, 0.15) is 11.1 Å². The molecule has 36 heavy (non-hydrogen) atoms. The zero-order valence-electron chi connectivity index (χ0n) is 19.7. The third-order valence-electron chi connectivity index (χ3n) is 5.80. The molecule has 5 aromatic rings. The van der Waals surface area contributed by atoms with Crippen molar-refractivity contribution in [2.75, 3.05) is 12.3 Å². The highest BCUT2D eigenvalue weighted by molar-refractivity contribution is 7.99. The first kappa shape index (κ1) is 24.0. The summed E-state index contributed by atoms with van der Waals surface area (Å²) < 4.78 is 2.04. The van der Waals surface area contributed by atoms with Crippen LogP contribution in [0.3, 0.4) is 0 Å². The average molecular weight is 511 g/mol. The van der Waals surface area contributed by atoms with Crippen LogP contribution in [-0.2, 0) is 17.8 Å². The number of rotatable bonds is 10. The number of amides is 1. The van der Waals surface area contributed by atoms with Gasteiger partial charge in [-0.3, -0.25) is 9.36 Å². The monoisotopic (exact) mass is 510 g/mol. The molecule has 5 nitrogen and oxygen atoms in total. The van der Waals surface area contributed by atoms with Gasteiger partial charge >= 0.3 is 0 Å². The van der Waals surface area contributed by atoms with Crippen molar-refractivity contribution < 1.29 is 4.79 Å². The molecule has 1 amide bonds. The van der Waals surface area contributed by atoms with Crippen LogP contribution in [0, 0.1) is 0 Å². The Morgan fingerprint density at radius 2 is 1.47 bits per heavy atom. The molecule has 0 radical (unpaired) electrons. The van der Waals surface area contributed by atoms with Crippen molar-refractivity contribution in [3.05, 3.63) is 120 Å². The number of carbonyl (C=O) groups is 1. The highest BCUT2D eigenvalue weighted by Gasteiger charge is 2.20. The van der Waals surface area contributed by atoms with Gasteiger partial charge in [0.1, 0.15) is 0 Å². The highest BCUT2D eigenvalue weighted by atomic mass is 32.2. The van der Waals surface area contributed by atoms with Crippen molar-refractivity contribution >= 4 is 29.0 Å². The summed E-state index contributed by atoms with van der Waals surface area (Å²) in [5.41, 5.74) is 3.32. The van der Waals surface area contributed by atoms with Gasteiger partial charge in [0.2, 0.25) is 5.91 Å². The summed E-state index contributed by atoms with van der Waals surface area (Å²) >= 11 is 3.06. The number of nitrogens with zero attached hydrogens (tertiary/aromatic N) is 4. The van der Waals surface area contributed by atoms with Crippen LogP contribution in [0.5, 0.6) is 0 Å². The van der Waals surface area contributed by atoms with Gasteiger partial charge < -0.3 is 4.90 Å². The van der Waals surface area contributed by atoms with Gasteiger partial charge in [-0.05, 0) is 41.1 Å². The predicted octanol–water partition coefficient (Wildman–Crippen LogP) is 6.36. The van der Waals surface area contributed by atoms with Gasteiger partial charge in [0, 0.05) is 18.8 Å². The van der Waals surface area contributed by atoms with E-state index in [2.05, 4.69) is 34.5 Å². The normalized spacial score (nSPS) is 10.9. The lowest BCUT2D eigenvalue weighted by atomic mass is 10.1. The number of thioether (sulfide) groups is 1. The van der Waals surface area contributed by atoms with Crippen LogP contribution >= 0.6 is 23.1 Å². The molecule has 0 N–H and O–H groups in total. The molecule has 0 saturated carbocycles. The fourth-order valence-corrected chi connectivity index (χ4v) is 5.51. The Balaban J connectivity index is 1.35. The van der Waals surface area contributed by atoms with E-state index in [0.29, 0.717) is 18.2 Å². The molecule has 3 aromatic carbocycles. The second kappa shape index (κ2) is 11.8. The standard InChI is InChI=1S/C29H26N4OS2/c34-27(32(21-24-13-6-2-7-14-24)19-18-23-11-4-1-5-12-23)22-36-29-31-30-28(26-17-10-20-35-26)33(29)25-15-8-3-9-16-25/h1-17,20H,18-19,21-22H2. The molecule has 2 aromatic heterocycles. The quantitative estimate of drug-likeness (QED) is 0.205. The summed E-state index contributed by atoms with van der Waals surface area (Å²) in [5.74, 6) is 1.16. The van der Waals surface area contributed by atoms with E-state index < -0.39 is 0 Å². The van der Waals surface area contributed by atoms with Gasteiger partial charge in [-0.15, -0.1) is 21.5 Å². The first-order valence-corrected chi connectivity index (χ1v) is 13.7. The molecule has 2 heterocycles.